The molecule has 1 aliphatic heterocycles. The van der Waals surface area contributed by atoms with E-state index in [1.54, 1.807) is 7.11 Å². The van der Waals surface area contributed by atoms with Gasteiger partial charge in [-0.05, 0) is 12.1 Å². The first-order valence-electron chi connectivity index (χ1n) is 6.33. The molecule has 1 N–H and O–H groups in total. The molecule has 0 bridgehead atoms. The topological polar surface area (TPSA) is 73.6 Å². The number of nitro groups is 1. The van der Waals surface area contributed by atoms with Gasteiger partial charge in [0, 0.05) is 44.9 Å². The van der Waals surface area contributed by atoms with Crippen molar-refractivity contribution >= 4 is 5.69 Å². The summed E-state index contributed by atoms with van der Waals surface area (Å²) < 4.78 is 23.9. The van der Waals surface area contributed by atoms with Crippen molar-refractivity contribution in [3.63, 3.8) is 0 Å². The van der Waals surface area contributed by atoms with Crippen molar-refractivity contribution < 1.29 is 18.8 Å². The maximum atomic E-state index is 13.2. The molecule has 1 aromatic carbocycles. The van der Waals surface area contributed by atoms with Crippen LogP contribution in [-0.2, 0) is 16.0 Å². The van der Waals surface area contributed by atoms with Gasteiger partial charge in [0.05, 0.1) is 11.5 Å². The maximum absolute atomic E-state index is 13.2. The van der Waals surface area contributed by atoms with E-state index in [0.717, 1.165) is 12.5 Å². The van der Waals surface area contributed by atoms with Crippen LogP contribution < -0.4 is 5.32 Å². The molecular weight excluding hydrogens is 267 g/mol. The van der Waals surface area contributed by atoms with E-state index in [2.05, 4.69) is 5.32 Å². The highest BCUT2D eigenvalue weighted by Crippen LogP contribution is 2.23. The minimum atomic E-state index is -0.513. The van der Waals surface area contributed by atoms with Gasteiger partial charge in [-0.3, -0.25) is 10.1 Å². The lowest BCUT2D eigenvalue weighted by molar-refractivity contribution is -0.385. The number of halogens is 1. The second-order valence-corrected chi connectivity index (χ2v) is 4.82. The van der Waals surface area contributed by atoms with Crippen LogP contribution in [0.2, 0.25) is 0 Å². The molecule has 0 spiro atoms. The minimum absolute atomic E-state index is 0.0898. The fourth-order valence-electron chi connectivity index (χ4n) is 2.26. The molecule has 1 heterocycles. The zero-order chi connectivity index (χ0) is 14.6. The molecule has 1 atom stereocenters. The van der Waals surface area contributed by atoms with Crippen molar-refractivity contribution in [3.8, 4) is 0 Å². The number of hydrogen-bond acceptors (Lipinski definition) is 5. The number of nitrogens with zero attached hydrogens (tertiary/aromatic N) is 1. The summed E-state index contributed by atoms with van der Waals surface area (Å²) >= 11 is 0. The molecule has 1 aliphatic rings. The number of benzene rings is 1. The molecule has 6 nitrogen and oxygen atoms in total. The van der Waals surface area contributed by atoms with E-state index in [0.29, 0.717) is 25.3 Å². The highest BCUT2D eigenvalue weighted by molar-refractivity contribution is 5.40. The van der Waals surface area contributed by atoms with Gasteiger partial charge in [-0.1, -0.05) is 0 Å². The first-order chi connectivity index (χ1) is 9.56. The van der Waals surface area contributed by atoms with E-state index >= 15 is 0 Å². The number of nitro benzene ring substituents is 1. The van der Waals surface area contributed by atoms with E-state index in [9.17, 15) is 14.5 Å². The molecule has 1 fully saturated rings. The Morgan fingerprint density at radius 1 is 1.60 bits per heavy atom. The number of nitrogens with one attached hydrogen (secondary N) is 1. The van der Waals surface area contributed by atoms with E-state index < -0.39 is 16.3 Å². The molecular formula is C13H17FN2O4. The van der Waals surface area contributed by atoms with E-state index in [4.69, 9.17) is 9.47 Å². The summed E-state index contributed by atoms with van der Waals surface area (Å²) in [7, 11) is 1.61. The summed E-state index contributed by atoms with van der Waals surface area (Å²) in [6, 6.07) is 3.44. The van der Waals surface area contributed by atoms with E-state index in [-0.39, 0.29) is 12.2 Å². The van der Waals surface area contributed by atoms with Crippen molar-refractivity contribution in [3.05, 3.63) is 39.7 Å². The summed E-state index contributed by atoms with van der Waals surface area (Å²) in [5, 5.41) is 14.0. The van der Waals surface area contributed by atoms with Crippen LogP contribution in [0.15, 0.2) is 18.2 Å². The van der Waals surface area contributed by atoms with Gasteiger partial charge in [0.15, 0.2) is 0 Å². The molecule has 0 aliphatic carbocycles. The molecule has 1 aromatic rings. The largest absolute Gasteiger partial charge is 0.378 e. The molecule has 7 heteroatoms. The Morgan fingerprint density at radius 3 is 3.00 bits per heavy atom. The maximum Gasteiger partial charge on any atom is 0.274 e. The van der Waals surface area contributed by atoms with Crippen LogP contribution in [0.25, 0.3) is 0 Å². The summed E-state index contributed by atoms with van der Waals surface area (Å²) in [6.45, 7) is 1.83. The third-order valence-corrected chi connectivity index (χ3v) is 3.50. The predicted octanol–water partition coefficient (Wildman–Crippen LogP) is 1.63. The summed E-state index contributed by atoms with van der Waals surface area (Å²) in [5.74, 6) is -0.488. The first kappa shape index (κ1) is 14.8. The van der Waals surface area contributed by atoms with Gasteiger partial charge in [-0.25, -0.2) is 4.39 Å². The van der Waals surface area contributed by atoms with Crippen molar-refractivity contribution in [2.75, 3.05) is 26.9 Å². The molecule has 1 unspecified atom stereocenters. The molecule has 1 saturated heterocycles. The van der Waals surface area contributed by atoms with Crippen molar-refractivity contribution in [2.45, 2.75) is 18.6 Å². The Morgan fingerprint density at radius 2 is 2.40 bits per heavy atom. The van der Waals surface area contributed by atoms with Gasteiger partial charge in [-0.15, -0.1) is 0 Å². The Kier molecular flexibility index (Phi) is 4.64. The normalized spacial score (nSPS) is 22.1. The van der Waals surface area contributed by atoms with Crippen LogP contribution >= 0.6 is 0 Å². The molecule has 0 radical (unpaired) electrons. The monoisotopic (exact) mass is 284 g/mol. The Labute approximate surface area is 116 Å². The molecule has 0 saturated carbocycles. The average Bonchev–Trinajstić information content (AvgIpc) is 2.88. The van der Waals surface area contributed by atoms with Crippen LogP contribution in [0.5, 0.6) is 0 Å². The average molecular weight is 284 g/mol. The predicted molar refractivity (Wildman–Crippen MR) is 69.9 cm³/mol. The van der Waals surface area contributed by atoms with Crippen LogP contribution in [0, 0.1) is 15.9 Å². The summed E-state index contributed by atoms with van der Waals surface area (Å²) in [4.78, 5) is 10.4. The minimum Gasteiger partial charge on any atom is -0.378 e. The van der Waals surface area contributed by atoms with Gasteiger partial charge in [0.2, 0.25) is 0 Å². The number of hydrogen-bond donors (Lipinski definition) is 1. The van der Waals surface area contributed by atoms with E-state index in [1.165, 1.54) is 12.1 Å². The van der Waals surface area contributed by atoms with E-state index in [1.807, 2.05) is 0 Å². The first-order valence-corrected chi connectivity index (χ1v) is 6.33. The standard InChI is InChI=1S/C13H17FN2O4/c1-19-13(4-5-20-9-13)8-15-7-10-6-11(14)2-3-12(10)16(17)18/h2-3,6,15H,4-5,7-9H2,1H3. The van der Waals surface area contributed by atoms with Gasteiger partial charge in [-0.2, -0.15) is 0 Å². The van der Waals surface area contributed by atoms with Gasteiger partial charge < -0.3 is 14.8 Å². The summed E-state index contributed by atoms with van der Waals surface area (Å²) in [6.07, 6.45) is 0.766. The highest BCUT2D eigenvalue weighted by atomic mass is 19.1. The van der Waals surface area contributed by atoms with Crippen LogP contribution in [-0.4, -0.2) is 37.4 Å². The molecule has 0 amide bonds. The second-order valence-electron chi connectivity index (χ2n) is 4.82. The third kappa shape index (κ3) is 3.30. The molecule has 110 valence electrons. The van der Waals surface area contributed by atoms with Crippen LogP contribution in [0.1, 0.15) is 12.0 Å². The Hall–Kier alpha value is -1.57. The highest BCUT2D eigenvalue weighted by Gasteiger charge is 2.34. The van der Waals surface area contributed by atoms with Crippen LogP contribution in [0.3, 0.4) is 0 Å². The van der Waals surface area contributed by atoms with Gasteiger partial charge in [0.25, 0.3) is 5.69 Å². The van der Waals surface area contributed by atoms with Crippen LogP contribution in [0.4, 0.5) is 10.1 Å². The van der Waals surface area contributed by atoms with Crippen molar-refractivity contribution in [1.82, 2.24) is 5.32 Å². The smallest absolute Gasteiger partial charge is 0.274 e. The van der Waals surface area contributed by atoms with Crippen molar-refractivity contribution in [2.24, 2.45) is 0 Å². The second kappa shape index (κ2) is 6.25. The quantitative estimate of drug-likeness (QED) is 0.635. The number of methoxy groups -OCH3 is 1. The summed E-state index contributed by atoms with van der Waals surface area (Å²) in [5.41, 5.74) is -0.171. The molecule has 0 aromatic heterocycles. The fraction of sp³-hybridized carbons (Fsp3) is 0.538. The fourth-order valence-corrected chi connectivity index (χ4v) is 2.26. The third-order valence-electron chi connectivity index (χ3n) is 3.50. The zero-order valence-corrected chi connectivity index (χ0v) is 11.2. The zero-order valence-electron chi connectivity index (χ0n) is 11.2. The number of rotatable bonds is 6. The Balaban J connectivity index is 2.00. The lowest BCUT2D eigenvalue weighted by Gasteiger charge is -2.26. The Bertz CT molecular complexity index is 489. The molecule has 2 rings (SSSR count). The lowest BCUT2D eigenvalue weighted by Crippen LogP contribution is -2.42. The number of ether oxygens (including phenoxy) is 2. The lowest BCUT2D eigenvalue weighted by atomic mass is 10.0. The van der Waals surface area contributed by atoms with Crippen molar-refractivity contribution in [1.29, 1.82) is 0 Å². The SMILES string of the molecule is COC1(CNCc2cc(F)ccc2[N+](=O)[O-])CCOC1. The molecule has 20 heavy (non-hydrogen) atoms. The van der Waals surface area contributed by atoms with Gasteiger partial charge >= 0.3 is 0 Å². The van der Waals surface area contributed by atoms with Gasteiger partial charge in [0.1, 0.15) is 11.4 Å².